The van der Waals surface area contributed by atoms with Gasteiger partial charge in [-0.25, -0.2) is 0 Å². The van der Waals surface area contributed by atoms with Gasteiger partial charge in [-0.1, -0.05) is 26.8 Å². The molecule has 0 aliphatic heterocycles. The average molecular weight is 381 g/mol. The summed E-state index contributed by atoms with van der Waals surface area (Å²) in [5.74, 6) is 0.0484. The number of hydrogen-bond donors (Lipinski definition) is 0. The Labute approximate surface area is 156 Å². The summed E-state index contributed by atoms with van der Waals surface area (Å²) >= 11 is 0. The van der Waals surface area contributed by atoms with Crippen LogP contribution >= 0.6 is 0 Å². The molecule has 0 unspecified atom stereocenters. The Kier molecular flexibility index (Phi) is 5.94. The van der Waals surface area contributed by atoms with Gasteiger partial charge in [0.1, 0.15) is 11.4 Å². The van der Waals surface area contributed by atoms with E-state index >= 15 is 0 Å². The van der Waals surface area contributed by atoms with Gasteiger partial charge in [-0.05, 0) is 36.1 Å². The summed E-state index contributed by atoms with van der Waals surface area (Å²) in [6.45, 7) is 7.26. The normalized spacial score (nSPS) is 12.1. The minimum atomic E-state index is -4.52. The fourth-order valence-corrected chi connectivity index (χ4v) is 2.53. The standard InChI is InChI=1S/C20H22F3NO3/c1-12(25)15-8-14(19(2,3)4)9-16(18(15)27-11-26-5)13-6-7-17(24-10-13)20(21,22)23/h6-10H,11H2,1-5H3. The molecule has 1 aromatic heterocycles. The van der Waals surface area contributed by atoms with Crippen LogP contribution in [0.3, 0.4) is 0 Å². The SMILES string of the molecule is COCOc1c(C(C)=O)cc(C(C)(C)C)cc1-c1ccc(C(F)(F)F)nc1. The van der Waals surface area contributed by atoms with E-state index in [1.54, 1.807) is 6.07 Å². The Morgan fingerprint density at radius 1 is 1.15 bits per heavy atom. The lowest BCUT2D eigenvalue weighted by Crippen LogP contribution is -2.14. The van der Waals surface area contributed by atoms with Gasteiger partial charge in [0, 0.05) is 24.4 Å². The van der Waals surface area contributed by atoms with Crippen LogP contribution in [-0.4, -0.2) is 24.7 Å². The van der Waals surface area contributed by atoms with Crippen molar-refractivity contribution in [3.63, 3.8) is 0 Å². The first-order valence-electron chi connectivity index (χ1n) is 8.30. The van der Waals surface area contributed by atoms with Gasteiger partial charge in [0.25, 0.3) is 0 Å². The highest BCUT2D eigenvalue weighted by Crippen LogP contribution is 2.39. The zero-order valence-electron chi connectivity index (χ0n) is 15.9. The lowest BCUT2D eigenvalue weighted by atomic mass is 9.83. The van der Waals surface area contributed by atoms with Gasteiger partial charge in [-0.3, -0.25) is 9.78 Å². The van der Waals surface area contributed by atoms with E-state index in [0.29, 0.717) is 16.7 Å². The molecule has 0 saturated carbocycles. The van der Waals surface area contributed by atoms with Crippen LogP contribution in [0.1, 0.15) is 49.3 Å². The highest BCUT2D eigenvalue weighted by Gasteiger charge is 2.32. The Morgan fingerprint density at radius 3 is 2.26 bits per heavy atom. The molecule has 0 saturated heterocycles. The van der Waals surface area contributed by atoms with Crippen molar-refractivity contribution < 1.29 is 27.4 Å². The number of nitrogens with zero attached hydrogens (tertiary/aromatic N) is 1. The second-order valence-corrected chi connectivity index (χ2v) is 7.19. The smallest absolute Gasteiger partial charge is 0.433 e. The average Bonchev–Trinajstić information content (AvgIpc) is 2.57. The molecule has 7 heteroatoms. The minimum absolute atomic E-state index is 0.101. The number of hydrogen-bond acceptors (Lipinski definition) is 4. The molecule has 0 fully saturated rings. The van der Waals surface area contributed by atoms with E-state index in [-0.39, 0.29) is 23.7 Å². The minimum Gasteiger partial charge on any atom is -0.466 e. The van der Waals surface area contributed by atoms with E-state index in [4.69, 9.17) is 9.47 Å². The molecule has 2 aromatic rings. The number of carbonyl (C=O) groups is 1. The van der Waals surface area contributed by atoms with Gasteiger partial charge < -0.3 is 9.47 Å². The van der Waals surface area contributed by atoms with Crippen LogP contribution in [0.4, 0.5) is 13.2 Å². The number of ether oxygens (including phenoxy) is 2. The first kappa shape index (κ1) is 20.9. The first-order chi connectivity index (χ1) is 12.4. The Bertz CT molecular complexity index is 822. The van der Waals surface area contributed by atoms with E-state index in [2.05, 4.69) is 4.98 Å². The summed E-state index contributed by atoms with van der Waals surface area (Å²) in [6, 6.07) is 5.78. The van der Waals surface area contributed by atoms with Crippen molar-refractivity contribution >= 4 is 5.78 Å². The van der Waals surface area contributed by atoms with Crippen molar-refractivity contribution in [2.24, 2.45) is 0 Å². The molecule has 1 aromatic carbocycles. The predicted molar refractivity (Wildman–Crippen MR) is 95.9 cm³/mol. The summed E-state index contributed by atoms with van der Waals surface area (Å²) in [4.78, 5) is 15.7. The third-order valence-corrected chi connectivity index (χ3v) is 4.02. The molecule has 0 aliphatic carbocycles. The van der Waals surface area contributed by atoms with Crippen molar-refractivity contribution in [2.45, 2.75) is 39.3 Å². The molecule has 0 aliphatic rings. The molecule has 0 amide bonds. The number of Topliss-reactive ketones (excluding diaryl/α,β-unsaturated/α-hetero) is 1. The number of pyridine rings is 1. The molecule has 0 radical (unpaired) electrons. The van der Waals surface area contributed by atoms with Crippen LogP contribution in [0.25, 0.3) is 11.1 Å². The Balaban J connectivity index is 2.70. The predicted octanol–water partition coefficient (Wildman–Crippen LogP) is 5.25. The second-order valence-electron chi connectivity index (χ2n) is 7.19. The van der Waals surface area contributed by atoms with Gasteiger partial charge in [-0.15, -0.1) is 0 Å². The molecule has 2 rings (SSSR count). The molecular weight excluding hydrogens is 359 g/mol. The number of methoxy groups -OCH3 is 1. The number of ketones is 1. The van der Waals surface area contributed by atoms with E-state index in [9.17, 15) is 18.0 Å². The number of rotatable bonds is 5. The van der Waals surface area contributed by atoms with Crippen molar-refractivity contribution in [1.82, 2.24) is 4.98 Å². The van der Waals surface area contributed by atoms with Crippen LogP contribution in [0.15, 0.2) is 30.5 Å². The summed E-state index contributed by atoms with van der Waals surface area (Å²) in [6.07, 6.45) is -3.39. The van der Waals surface area contributed by atoms with Gasteiger partial charge >= 0.3 is 6.18 Å². The molecule has 1 heterocycles. The summed E-state index contributed by atoms with van der Waals surface area (Å²) < 4.78 is 49.0. The van der Waals surface area contributed by atoms with Crippen molar-refractivity contribution in [3.8, 4) is 16.9 Å². The summed E-state index contributed by atoms with van der Waals surface area (Å²) in [5.41, 5.74) is 0.845. The molecule has 146 valence electrons. The Morgan fingerprint density at radius 2 is 1.81 bits per heavy atom. The van der Waals surface area contributed by atoms with Crippen LogP contribution in [0, 0.1) is 0 Å². The first-order valence-corrected chi connectivity index (χ1v) is 8.30. The van der Waals surface area contributed by atoms with Crippen molar-refractivity contribution in [2.75, 3.05) is 13.9 Å². The van der Waals surface area contributed by atoms with Crippen LogP contribution < -0.4 is 4.74 Å². The van der Waals surface area contributed by atoms with Crippen LogP contribution in [0.5, 0.6) is 5.75 Å². The summed E-state index contributed by atoms with van der Waals surface area (Å²) in [7, 11) is 1.44. The number of benzene rings is 1. The highest BCUT2D eigenvalue weighted by molar-refractivity contribution is 5.99. The van der Waals surface area contributed by atoms with Gasteiger partial charge in [0.15, 0.2) is 12.6 Å². The van der Waals surface area contributed by atoms with E-state index in [1.165, 1.54) is 20.1 Å². The van der Waals surface area contributed by atoms with Gasteiger partial charge in [-0.2, -0.15) is 13.2 Å². The van der Waals surface area contributed by atoms with E-state index < -0.39 is 11.9 Å². The van der Waals surface area contributed by atoms with E-state index in [0.717, 1.165) is 17.8 Å². The maximum Gasteiger partial charge on any atom is 0.433 e. The second kappa shape index (κ2) is 7.68. The largest absolute Gasteiger partial charge is 0.466 e. The van der Waals surface area contributed by atoms with Gasteiger partial charge in [0.05, 0.1) is 5.56 Å². The van der Waals surface area contributed by atoms with Gasteiger partial charge in [0.2, 0.25) is 0 Å². The molecule has 0 bridgehead atoms. The highest BCUT2D eigenvalue weighted by atomic mass is 19.4. The van der Waals surface area contributed by atoms with Crippen LogP contribution in [0.2, 0.25) is 0 Å². The number of halogens is 3. The number of aromatic nitrogens is 1. The lowest BCUT2D eigenvalue weighted by Gasteiger charge is -2.23. The van der Waals surface area contributed by atoms with E-state index in [1.807, 2.05) is 26.8 Å². The molecule has 0 atom stereocenters. The molecular formula is C20H22F3NO3. The van der Waals surface area contributed by atoms with Crippen molar-refractivity contribution in [1.29, 1.82) is 0 Å². The maximum atomic E-state index is 12.8. The fourth-order valence-electron chi connectivity index (χ4n) is 2.53. The lowest BCUT2D eigenvalue weighted by molar-refractivity contribution is -0.141. The topological polar surface area (TPSA) is 48.4 Å². The quantitative estimate of drug-likeness (QED) is 0.524. The maximum absolute atomic E-state index is 12.8. The zero-order valence-corrected chi connectivity index (χ0v) is 15.9. The summed E-state index contributed by atoms with van der Waals surface area (Å²) in [5, 5.41) is 0. The molecule has 0 spiro atoms. The molecule has 0 N–H and O–H groups in total. The zero-order chi connectivity index (χ0) is 20.4. The third kappa shape index (κ3) is 4.86. The van der Waals surface area contributed by atoms with Crippen LogP contribution in [-0.2, 0) is 16.3 Å². The number of carbonyl (C=O) groups excluding carboxylic acids is 1. The molecule has 4 nitrogen and oxygen atoms in total. The third-order valence-electron chi connectivity index (χ3n) is 4.02. The Hall–Kier alpha value is -2.41. The monoisotopic (exact) mass is 381 g/mol. The van der Waals surface area contributed by atoms with Crippen molar-refractivity contribution in [3.05, 3.63) is 47.3 Å². The fraction of sp³-hybridized carbons (Fsp3) is 0.400. The number of alkyl halides is 3. The molecule has 27 heavy (non-hydrogen) atoms.